The summed E-state index contributed by atoms with van der Waals surface area (Å²) in [7, 11) is 0. The zero-order valence-electron chi connectivity index (χ0n) is 24.4. The van der Waals surface area contributed by atoms with Crippen molar-refractivity contribution in [3.05, 3.63) is 157 Å². The molecule has 0 unspecified atom stereocenters. The van der Waals surface area contributed by atoms with Gasteiger partial charge in [0.05, 0.1) is 0 Å². The summed E-state index contributed by atoms with van der Waals surface area (Å²) in [6.07, 6.45) is 0. The van der Waals surface area contributed by atoms with E-state index in [9.17, 15) is 0 Å². The Balaban J connectivity index is 1.33. The summed E-state index contributed by atoms with van der Waals surface area (Å²) in [6.45, 7) is 4.77. The number of benzene rings is 8. The molecule has 0 aromatic heterocycles. The molecule has 0 atom stereocenters. The lowest BCUT2D eigenvalue weighted by Gasteiger charge is -2.23. The van der Waals surface area contributed by atoms with E-state index in [-0.39, 0.29) is 5.41 Å². The summed E-state index contributed by atoms with van der Waals surface area (Å²) in [6, 6.07) is 54.1. The monoisotopic (exact) mass is 546 g/mol. The van der Waals surface area contributed by atoms with Crippen LogP contribution in [0, 0.1) is 0 Å². The quantitative estimate of drug-likeness (QED) is 0.189. The van der Waals surface area contributed by atoms with Gasteiger partial charge in [0.1, 0.15) is 0 Å². The van der Waals surface area contributed by atoms with Crippen molar-refractivity contribution in [1.29, 1.82) is 0 Å². The van der Waals surface area contributed by atoms with Crippen LogP contribution in [-0.4, -0.2) is 0 Å². The lowest BCUT2D eigenvalue weighted by Crippen LogP contribution is -2.15. The lowest BCUT2D eigenvalue weighted by molar-refractivity contribution is 0.661. The molecule has 0 saturated heterocycles. The third kappa shape index (κ3) is 3.44. The first-order valence-electron chi connectivity index (χ1n) is 15.2. The zero-order valence-corrected chi connectivity index (χ0v) is 24.4. The van der Waals surface area contributed by atoms with E-state index in [1.807, 2.05) is 0 Å². The van der Waals surface area contributed by atoms with Crippen LogP contribution >= 0.6 is 0 Å². The van der Waals surface area contributed by atoms with E-state index in [0.29, 0.717) is 0 Å². The second kappa shape index (κ2) is 8.90. The molecule has 0 heterocycles. The highest BCUT2D eigenvalue weighted by atomic mass is 14.4. The topological polar surface area (TPSA) is 0 Å². The molecule has 0 heteroatoms. The van der Waals surface area contributed by atoms with Gasteiger partial charge in [0.25, 0.3) is 0 Å². The predicted octanol–water partition coefficient (Wildman–Crippen LogP) is 11.9. The van der Waals surface area contributed by atoms with E-state index in [4.69, 9.17) is 0 Å². The van der Waals surface area contributed by atoms with Crippen LogP contribution < -0.4 is 0 Å². The van der Waals surface area contributed by atoms with Crippen LogP contribution in [-0.2, 0) is 5.41 Å². The van der Waals surface area contributed by atoms with Gasteiger partial charge in [-0.1, -0.05) is 147 Å². The number of rotatable bonds is 2. The van der Waals surface area contributed by atoms with Crippen LogP contribution in [0.2, 0.25) is 0 Å². The Morgan fingerprint density at radius 2 is 0.837 bits per heavy atom. The molecule has 0 spiro atoms. The molecule has 202 valence electrons. The summed E-state index contributed by atoms with van der Waals surface area (Å²) < 4.78 is 0. The Bertz CT molecular complexity index is 2360. The smallest absolute Gasteiger partial charge is 0.0159 e. The average molecular weight is 547 g/mol. The summed E-state index contributed by atoms with van der Waals surface area (Å²) >= 11 is 0. The maximum absolute atomic E-state index is 2.48. The second-order valence-electron chi connectivity index (χ2n) is 12.5. The Morgan fingerprint density at radius 1 is 0.349 bits per heavy atom. The fraction of sp³-hybridized carbons (Fsp3) is 0.0698. The average Bonchev–Trinajstić information content (AvgIpc) is 3.29. The van der Waals surface area contributed by atoms with Crippen LogP contribution in [0.25, 0.3) is 76.5 Å². The molecule has 1 aliphatic rings. The summed E-state index contributed by atoms with van der Waals surface area (Å²) in [5, 5.41) is 10.4. The SMILES string of the molecule is CC1(C)c2cc(-c3c4ccccc4c(-c4ccc5ccccc5c4)c4ccccc34)ccc2-c2c1ccc1ccccc21. The number of hydrogen-bond acceptors (Lipinski definition) is 0. The molecule has 0 fully saturated rings. The van der Waals surface area contributed by atoms with Crippen molar-refractivity contribution < 1.29 is 0 Å². The molecule has 1 aliphatic carbocycles. The molecule has 0 nitrogen and oxygen atoms in total. The van der Waals surface area contributed by atoms with Crippen LogP contribution in [0.15, 0.2) is 146 Å². The Kier molecular flexibility index (Phi) is 5.05. The molecular weight excluding hydrogens is 516 g/mol. The third-order valence-corrected chi connectivity index (χ3v) is 9.82. The summed E-state index contributed by atoms with van der Waals surface area (Å²) in [4.78, 5) is 0. The summed E-state index contributed by atoms with van der Waals surface area (Å²) in [5.41, 5.74) is 10.7. The molecule has 0 amide bonds. The van der Waals surface area contributed by atoms with Gasteiger partial charge in [0.15, 0.2) is 0 Å². The molecule has 0 N–H and O–H groups in total. The molecular formula is C43H30. The van der Waals surface area contributed by atoms with Crippen molar-refractivity contribution in [2.24, 2.45) is 0 Å². The first-order chi connectivity index (χ1) is 21.1. The van der Waals surface area contributed by atoms with Crippen molar-refractivity contribution >= 4 is 43.1 Å². The van der Waals surface area contributed by atoms with E-state index in [2.05, 4.69) is 159 Å². The molecule has 0 bridgehead atoms. The van der Waals surface area contributed by atoms with Crippen LogP contribution in [0.1, 0.15) is 25.0 Å². The van der Waals surface area contributed by atoms with Crippen LogP contribution in [0.4, 0.5) is 0 Å². The summed E-state index contributed by atoms with van der Waals surface area (Å²) in [5.74, 6) is 0. The van der Waals surface area contributed by atoms with Crippen molar-refractivity contribution in [1.82, 2.24) is 0 Å². The largest absolute Gasteiger partial charge is 0.0616 e. The Hall–Kier alpha value is -5.20. The van der Waals surface area contributed by atoms with Gasteiger partial charge in [-0.25, -0.2) is 0 Å². The highest BCUT2D eigenvalue weighted by Gasteiger charge is 2.36. The first-order valence-corrected chi connectivity index (χ1v) is 15.2. The highest BCUT2D eigenvalue weighted by Crippen LogP contribution is 2.53. The predicted molar refractivity (Wildman–Crippen MR) is 185 cm³/mol. The van der Waals surface area contributed by atoms with Gasteiger partial charge in [0, 0.05) is 5.41 Å². The molecule has 0 aliphatic heterocycles. The standard InChI is InChI=1S/C43H30/c1-43(2)38-24-22-28-12-5-6-14-32(28)42(38)37-23-21-31(26-39(37)43)41-35-17-9-7-15-33(35)40(34-16-8-10-18-36(34)41)30-20-19-27-11-3-4-13-29(27)25-30/h3-26H,1-2H3. The Labute approximate surface area is 251 Å². The fourth-order valence-electron chi connectivity index (χ4n) is 7.76. The highest BCUT2D eigenvalue weighted by molar-refractivity contribution is 6.22. The molecule has 8 aromatic rings. The van der Waals surface area contributed by atoms with Crippen molar-refractivity contribution in [3.8, 4) is 33.4 Å². The van der Waals surface area contributed by atoms with E-state index >= 15 is 0 Å². The fourth-order valence-corrected chi connectivity index (χ4v) is 7.76. The molecule has 9 rings (SSSR count). The van der Waals surface area contributed by atoms with Gasteiger partial charge in [-0.05, 0) is 99.7 Å². The van der Waals surface area contributed by atoms with Gasteiger partial charge < -0.3 is 0 Å². The zero-order chi connectivity index (χ0) is 28.7. The van der Waals surface area contributed by atoms with Gasteiger partial charge in [-0.2, -0.15) is 0 Å². The van der Waals surface area contributed by atoms with Crippen molar-refractivity contribution in [2.75, 3.05) is 0 Å². The van der Waals surface area contributed by atoms with Crippen LogP contribution in [0.5, 0.6) is 0 Å². The maximum atomic E-state index is 2.48. The first kappa shape index (κ1) is 24.4. The molecule has 8 aromatic carbocycles. The third-order valence-electron chi connectivity index (χ3n) is 9.82. The minimum absolute atomic E-state index is 0.0820. The second-order valence-corrected chi connectivity index (χ2v) is 12.5. The van der Waals surface area contributed by atoms with Crippen LogP contribution in [0.3, 0.4) is 0 Å². The molecule has 0 radical (unpaired) electrons. The van der Waals surface area contributed by atoms with E-state index in [1.165, 1.54) is 87.6 Å². The van der Waals surface area contributed by atoms with Gasteiger partial charge >= 0.3 is 0 Å². The van der Waals surface area contributed by atoms with E-state index in [1.54, 1.807) is 0 Å². The van der Waals surface area contributed by atoms with Gasteiger partial charge in [-0.3, -0.25) is 0 Å². The van der Waals surface area contributed by atoms with E-state index in [0.717, 1.165) is 0 Å². The Morgan fingerprint density at radius 3 is 1.49 bits per heavy atom. The lowest BCUT2D eigenvalue weighted by atomic mass is 9.80. The van der Waals surface area contributed by atoms with Crippen molar-refractivity contribution in [2.45, 2.75) is 19.3 Å². The van der Waals surface area contributed by atoms with Gasteiger partial charge in [-0.15, -0.1) is 0 Å². The van der Waals surface area contributed by atoms with E-state index < -0.39 is 0 Å². The van der Waals surface area contributed by atoms with Crippen molar-refractivity contribution in [3.63, 3.8) is 0 Å². The number of hydrogen-bond donors (Lipinski definition) is 0. The minimum Gasteiger partial charge on any atom is -0.0616 e. The molecule has 43 heavy (non-hydrogen) atoms. The number of fused-ring (bicyclic) bond motifs is 8. The molecule has 0 saturated carbocycles. The minimum atomic E-state index is -0.0820. The maximum Gasteiger partial charge on any atom is 0.0159 e. The normalized spacial score (nSPS) is 13.5. The van der Waals surface area contributed by atoms with Gasteiger partial charge in [0.2, 0.25) is 0 Å².